The maximum Gasteiger partial charge on any atom is 0.338 e. The first-order chi connectivity index (χ1) is 20.6. The Hall–Kier alpha value is -3.98. The maximum absolute atomic E-state index is 13.2. The number of ether oxygens (including phenoxy) is 4. The van der Waals surface area contributed by atoms with Gasteiger partial charge in [-0.25, -0.2) is 9.59 Å². The van der Waals surface area contributed by atoms with Crippen LogP contribution in [0.1, 0.15) is 88.9 Å². The van der Waals surface area contributed by atoms with E-state index in [9.17, 15) is 19.2 Å². The molecule has 44 heavy (non-hydrogen) atoms. The molecule has 0 bridgehead atoms. The van der Waals surface area contributed by atoms with Crippen LogP contribution in [0.2, 0.25) is 0 Å². The zero-order valence-corrected chi connectivity index (χ0v) is 27.3. The lowest BCUT2D eigenvalue weighted by Gasteiger charge is -2.25. The van der Waals surface area contributed by atoms with Gasteiger partial charge in [-0.2, -0.15) is 0 Å². The van der Waals surface area contributed by atoms with Gasteiger partial charge in [0.2, 0.25) is 0 Å². The highest BCUT2D eigenvalue weighted by Crippen LogP contribution is 2.21. The summed E-state index contributed by atoms with van der Waals surface area (Å²) in [6.45, 7) is 14.8. The number of carbonyl (C=O) groups is 4. The maximum atomic E-state index is 13.2. The molecule has 0 aliphatic heterocycles. The van der Waals surface area contributed by atoms with Crippen molar-refractivity contribution in [3.8, 4) is 0 Å². The van der Waals surface area contributed by atoms with Crippen molar-refractivity contribution in [2.24, 2.45) is 0 Å². The molecule has 2 aromatic rings. The van der Waals surface area contributed by atoms with Gasteiger partial charge < -0.3 is 24.3 Å². The second-order valence-electron chi connectivity index (χ2n) is 12.3. The molecule has 9 nitrogen and oxygen atoms in total. The predicted molar refractivity (Wildman–Crippen MR) is 168 cm³/mol. The third-order valence-electron chi connectivity index (χ3n) is 6.09. The Morgan fingerprint density at radius 2 is 1.45 bits per heavy atom. The normalized spacial score (nSPS) is 12.7. The summed E-state index contributed by atoms with van der Waals surface area (Å²) in [4.78, 5) is 51.2. The van der Waals surface area contributed by atoms with Crippen molar-refractivity contribution in [2.45, 2.75) is 98.4 Å². The van der Waals surface area contributed by atoms with E-state index in [1.807, 2.05) is 51.1 Å². The number of rotatable bonds is 14. The second kappa shape index (κ2) is 16.8. The molecular weight excluding hydrogens is 562 g/mol. The van der Waals surface area contributed by atoms with E-state index in [1.165, 1.54) is 6.08 Å². The van der Waals surface area contributed by atoms with Crippen LogP contribution in [0, 0.1) is 0 Å². The smallest absolute Gasteiger partial charge is 0.338 e. The fraction of sp³-hybridized carbons (Fsp3) is 0.486. The van der Waals surface area contributed by atoms with Crippen molar-refractivity contribution in [3.63, 3.8) is 0 Å². The van der Waals surface area contributed by atoms with Gasteiger partial charge >= 0.3 is 23.9 Å². The molecule has 0 aromatic heterocycles. The Labute approximate surface area is 261 Å². The molecular formula is C35H47NO8. The van der Waals surface area contributed by atoms with E-state index in [-0.39, 0.29) is 38.2 Å². The van der Waals surface area contributed by atoms with E-state index in [1.54, 1.807) is 52.8 Å². The minimum Gasteiger partial charge on any atom is -0.466 e. The molecule has 0 fully saturated rings. The Bertz CT molecular complexity index is 1300. The summed E-state index contributed by atoms with van der Waals surface area (Å²) in [5, 5.41) is 3.33. The molecule has 2 rings (SSSR count). The lowest BCUT2D eigenvalue weighted by Crippen LogP contribution is -2.42. The van der Waals surface area contributed by atoms with Crippen LogP contribution in [-0.4, -0.2) is 54.3 Å². The predicted octanol–water partition coefficient (Wildman–Crippen LogP) is 5.67. The van der Waals surface area contributed by atoms with Crippen molar-refractivity contribution in [1.29, 1.82) is 0 Å². The van der Waals surface area contributed by atoms with Crippen molar-refractivity contribution in [2.75, 3.05) is 13.2 Å². The third kappa shape index (κ3) is 13.1. The van der Waals surface area contributed by atoms with E-state index >= 15 is 0 Å². The number of hydrogen-bond acceptors (Lipinski definition) is 9. The molecule has 0 saturated carbocycles. The Morgan fingerprint density at radius 3 is 2.05 bits per heavy atom. The van der Waals surface area contributed by atoms with E-state index in [0.29, 0.717) is 17.5 Å². The van der Waals surface area contributed by atoms with Crippen LogP contribution in [0.25, 0.3) is 0 Å². The monoisotopic (exact) mass is 609 g/mol. The molecule has 9 heteroatoms. The van der Waals surface area contributed by atoms with Gasteiger partial charge in [-0.1, -0.05) is 42.5 Å². The fourth-order valence-electron chi connectivity index (χ4n) is 4.20. The standard InChI is InChI=1S/C35H47NO8/c1-9-41-30(37)19-18-25(31(38)42-10-2)21-28-22-26(32(39)43-34(3,4)5)16-17-27(28)23-36-29(33(40)44-35(6,7)8)20-24-14-12-11-13-15-24/h11-18,22,29,36H,9-10,19-21,23H2,1-8H3/b25-18-. The van der Waals surface area contributed by atoms with Crippen LogP contribution in [0.15, 0.2) is 60.2 Å². The van der Waals surface area contributed by atoms with Gasteiger partial charge in [-0.05, 0) is 90.6 Å². The van der Waals surface area contributed by atoms with Gasteiger partial charge in [-0.15, -0.1) is 0 Å². The second-order valence-corrected chi connectivity index (χ2v) is 12.3. The minimum absolute atomic E-state index is 0.0711. The summed E-state index contributed by atoms with van der Waals surface area (Å²) in [5.74, 6) is -1.95. The number of benzene rings is 2. The van der Waals surface area contributed by atoms with Gasteiger partial charge in [-0.3, -0.25) is 9.59 Å². The largest absolute Gasteiger partial charge is 0.466 e. The van der Waals surface area contributed by atoms with E-state index < -0.39 is 41.1 Å². The van der Waals surface area contributed by atoms with Crippen molar-refractivity contribution in [1.82, 2.24) is 5.32 Å². The van der Waals surface area contributed by atoms with Crippen LogP contribution >= 0.6 is 0 Å². The highest BCUT2D eigenvalue weighted by Gasteiger charge is 2.26. The van der Waals surface area contributed by atoms with Crippen LogP contribution in [0.5, 0.6) is 0 Å². The van der Waals surface area contributed by atoms with Gasteiger partial charge in [0.05, 0.1) is 25.2 Å². The summed E-state index contributed by atoms with van der Waals surface area (Å²) in [6, 6.07) is 14.0. The first-order valence-electron chi connectivity index (χ1n) is 15.0. The molecule has 0 spiro atoms. The number of carbonyl (C=O) groups excluding carboxylic acids is 4. The highest BCUT2D eigenvalue weighted by molar-refractivity contribution is 5.91. The molecule has 0 heterocycles. The van der Waals surface area contributed by atoms with E-state index in [0.717, 1.165) is 11.1 Å². The molecule has 1 atom stereocenters. The molecule has 0 aliphatic carbocycles. The average molecular weight is 610 g/mol. The van der Waals surface area contributed by atoms with E-state index in [2.05, 4.69) is 5.32 Å². The topological polar surface area (TPSA) is 117 Å². The minimum atomic E-state index is -0.703. The van der Waals surface area contributed by atoms with Gasteiger partial charge in [0.15, 0.2) is 0 Å². The summed E-state index contributed by atoms with van der Waals surface area (Å²) in [6.07, 6.45) is 1.85. The summed E-state index contributed by atoms with van der Waals surface area (Å²) < 4.78 is 21.6. The van der Waals surface area contributed by atoms with Crippen LogP contribution < -0.4 is 5.32 Å². The quantitative estimate of drug-likeness (QED) is 0.164. The SMILES string of the molecule is CCOC(=O)C/C=C(/Cc1cc(C(=O)OC(C)(C)C)ccc1CNC(Cc1ccccc1)C(=O)OC(C)(C)C)C(=O)OCC. The first-order valence-corrected chi connectivity index (χ1v) is 15.0. The zero-order valence-electron chi connectivity index (χ0n) is 27.3. The molecule has 240 valence electrons. The molecule has 0 amide bonds. The van der Waals surface area contributed by atoms with Gasteiger partial charge in [0.25, 0.3) is 0 Å². The molecule has 1 unspecified atom stereocenters. The number of esters is 4. The first kappa shape index (κ1) is 36.2. The van der Waals surface area contributed by atoms with Crippen LogP contribution in [-0.2, 0) is 52.7 Å². The average Bonchev–Trinajstić information content (AvgIpc) is 2.92. The molecule has 2 aromatic carbocycles. The van der Waals surface area contributed by atoms with Crippen molar-refractivity contribution in [3.05, 3.63) is 82.4 Å². The summed E-state index contributed by atoms with van der Waals surface area (Å²) in [5.41, 5.74) is 1.51. The molecule has 1 N–H and O–H groups in total. The van der Waals surface area contributed by atoms with Gasteiger partial charge in [0, 0.05) is 18.5 Å². The summed E-state index contributed by atoms with van der Waals surface area (Å²) >= 11 is 0. The van der Waals surface area contributed by atoms with Crippen LogP contribution in [0.4, 0.5) is 0 Å². The van der Waals surface area contributed by atoms with Crippen molar-refractivity contribution < 1.29 is 38.1 Å². The van der Waals surface area contributed by atoms with Crippen LogP contribution in [0.3, 0.4) is 0 Å². The Morgan fingerprint density at radius 1 is 0.818 bits per heavy atom. The van der Waals surface area contributed by atoms with Gasteiger partial charge in [0.1, 0.15) is 17.2 Å². The molecule has 0 aliphatic rings. The Kier molecular flexibility index (Phi) is 13.8. The lowest BCUT2D eigenvalue weighted by molar-refractivity contribution is -0.157. The summed E-state index contributed by atoms with van der Waals surface area (Å²) in [7, 11) is 0. The molecule has 0 radical (unpaired) electrons. The zero-order chi connectivity index (χ0) is 32.9. The fourth-order valence-corrected chi connectivity index (χ4v) is 4.20. The number of nitrogens with one attached hydrogen (secondary N) is 1. The molecule has 0 saturated heterocycles. The third-order valence-corrected chi connectivity index (χ3v) is 6.09. The number of hydrogen-bond donors (Lipinski definition) is 1. The van der Waals surface area contributed by atoms with E-state index in [4.69, 9.17) is 18.9 Å². The lowest BCUT2D eigenvalue weighted by atomic mass is 9.96. The Balaban J connectivity index is 2.48. The van der Waals surface area contributed by atoms with Crippen molar-refractivity contribution >= 4 is 23.9 Å². The highest BCUT2D eigenvalue weighted by atomic mass is 16.6.